The van der Waals surface area contributed by atoms with Crippen molar-refractivity contribution in [3.05, 3.63) is 0 Å². The van der Waals surface area contributed by atoms with Crippen LogP contribution in [-0.4, -0.2) is 55.0 Å². The number of rotatable bonds is 12. The molecular weight excluding hydrogens is 360 g/mol. The second-order valence-corrected chi connectivity index (χ2v) is 10.3. The number of ether oxygens (including phenoxy) is 1. The lowest BCUT2D eigenvalue weighted by Gasteiger charge is -2.13. The summed E-state index contributed by atoms with van der Waals surface area (Å²) < 4.78 is 35.8. The summed E-state index contributed by atoms with van der Waals surface area (Å²) >= 11 is 0. The van der Waals surface area contributed by atoms with Crippen molar-refractivity contribution in [1.82, 2.24) is 0 Å². The average molecular weight is 397 g/mol. The lowest BCUT2D eigenvalue weighted by atomic mass is 10.1. The molecule has 0 radical (unpaired) electrons. The molecule has 0 spiro atoms. The van der Waals surface area contributed by atoms with Gasteiger partial charge in [0.1, 0.15) is 11.5 Å². The predicted octanol–water partition coefficient (Wildman–Crippen LogP) is 3.29. The largest absolute Gasteiger partial charge is 0.748 e. The highest BCUT2D eigenvalue weighted by molar-refractivity contribution is 7.97. The molecule has 0 aliphatic carbocycles. The van der Waals surface area contributed by atoms with E-state index >= 15 is 0 Å². The summed E-state index contributed by atoms with van der Waals surface area (Å²) in [6, 6.07) is 0. The van der Waals surface area contributed by atoms with E-state index in [2.05, 4.69) is 13.8 Å². The summed E-state index contributed by atoms with van der Waals surface area (Å²) in [5.74, 6) is 3.31. The van der Waals surface area contributed by atoms with Crippen LogP contribution in [-0.2, 0) is 30.5 Å². The lowest BCUT2D eigenvalue weighted by molar-refractivity contribution is -0.116. The Labute approximate surface area is 157 Å². The van der Waals surface area contributed by atoms with Crippen LogP contribution < -0.4 is 0 Å². The second kappa shape index (κ2) is 16.1. The minimum absolute atomic E-state index is 0.195. The average Bonchev–Trinajstić information content (AvgIpc) is 2.57. The molecule has 1 rings (SSSR count). The van der Waals surface area contributed by atoms with E-state index < -0.39 is 10.1 Å². The first-order chi connectivity index (χ1) is 11.9. The molecular formula is C18H36O5S2. The molecule has 7 heteroatoms. The molecule has 0 unspecified atom stereocenters. The minimum Gasteiger partial charge on any atom is -0.748 e. The van der Waals surface area contributed by atoms with Crippen molar-refractivity contribution in [3.8, 4) is 0 Å². The zero-order valence-corrected chi connectivity index (χ0v) is 17.6. The summed E-state index contributed by atoms with van der Waals surface area (Å²) in [4.78, 5) is 11.4. The number of Topliss-reactive ketones (excluding diaryl/α,β-unsaturated/α-hetero) is 1. The third-order valence-electron chi connectivity index (χ3n) is 3.95. The van der Waals surface area contributed by atoms with Gasteiger partial charge in [-0.05, 0) is 23.7 Å². The van der Waals surface area contributed by atoms with Gasteiger partial charge in [-0.25, -0.2) is 8.42 Å². The zero-order chi connectivity index (χ0) is 19.0. The van der Waals surface area contributed by atoms with E-state index in [0.717, 1.165) is 69.0 Å². The Morgan fingerprint density at radius 1 is 0.960 bits per heavy atom. The van der Waals surface area contributed by atoms with E-state index in [1.807, 2.05) is 0 Å². The Bertz CT molecular complexity index is 417. The Hall–Kier alpha value is -0.110. The van der Waals surface area contributed by atoms with Gasteiger partial charge < -0.3 is 9.29 Å². The second-order valence-electron chi connectivity index (χ2n) is 6.45. The van der Waals surface area contributed by atoms with Crippen LogP contribution in [0.2, 0.25) is 0 Å². The third-order valence-corrected chi connectivity index (χ3v) is 6.96. The van der Waals surface area contributed by atoms with Crippen molar-refractivity contribution in [3.63, 3.8) is 0 Å². The van der Waals surface area contributed by atoms with Crippen molar-refractivity contribution in [2.24, 2.45) is 0 Å². The molecule has 1 aliphatic rings. The zero-order valence-electron chi connectivity index (χ0n) is 16.0. The minimum atomic E-state index is -3.97. The summed E-state index contributed by atoms with van der Waals surface area (Å²) in [6.07, 6.45) is 8.94. The van der Waals surface area contributed by atoms with Crippen LogP contribution in [0.25, 0.3) is 0 Å². The van der Waals surface area contributed by atoms with E-state index in [0.29, 0.717) is 23.1 Å². The van der Waals surface area contributed by atoms with Crippen molar-refractivity contribution in [1.29, 1.82) is 0 Å². The van der Waals surface area contributed by atoms with Crippen LogP contribution in [0.1, 0.15) is 71.6 Å². The number of unbranched alkanes of at least 4 members (excludes halogenated alkanes) is 6. The van der Waals surface area contributed by atoms with Gasteiger partial charge in [0, 0.05) is 12.2 Å². The Balaban J connectivity index is 0.000000463. The summed E-state index contributed by atoms with van der Waals surface area (Å²) in [5.41, 5.74) is 0. The van der Waals surface area contributed by atoms with E-state index in [1.54, 1.807) is 0 Å². The molecule has 0 aromatic carbocycles. The Morgan fingerprint density at radius 2 is 1.52 bits per heavy atom. The maximum atomic E-state index is 11.4. The first-order valence-electron chi connectivity index (χ1n) is 9.56. The standard InChI is InChI=1S/C10H19O2S.C8H18O3S/c1-2-3-4-10(11)9-13-7-5-12-6-8-13;1-2-3-4-5-6-7-8-12(9,10)11/h2-9H2,1H3;2-8H2,1H3,(H,9,10,11)/q+1;/p-1. The van der Waals surface area contributed by atoms with Crippen LogP contribution in [0, 0.1) is 0 Å². The first kappa shape index (κ1) is 24.9. The van der Waals surface area contributed by atoms with E-state index in [4.69, 9.17) is 4.74 Å². The molecule has 5 nitrogen and oxygen atoms in total. The van der Waals surface area contributed by atoms with E-state index in [-0.39, 0.29) is 5.75 Å². The van der Waals surface area contributed by atoms with Crippen LogP contribution in [0.15, 0.2) is 0 Å². The maximum absolute atomic E-state index is 11.4. The monoisotopic (exact) mass is 396 g/mol. The molecule has 0 bridgehead atoms. The van der Waals surface area contributed by atoms with Gasteiger partial charge in [0.05, 0.1) is 23.3 Å². The fourth-order valence-electron chi connectivity index (χ4n) is 2.43. The smallest absolute Gasteiger partial charge is 0.181 e. The molecule has 1 saturated heterocycles. The summed E-state index contributed by atoms with van der Waals surface area (Å²) in [5, 5.41) is 0. The first-order valence-corrected chi connectivity index (χ1v) is 12.9. The van der Waals surface area contributed by atoms with Crippen molar-refractivity contribution < 1.29 is 22.5 Å². The highest BCUT2D eigenvalue weighted by atomic mass is 32.2. The summed E-state index contributed by atoms with van der Waals surface area (Å²) in [7, 11) is -3.62. The van der Waals surface area contributed by atoms with E-state index in [9.17, 15) is 17.8 Å². The number of hydrogen-bond acceptors (Lipinski definition) is 5. The molecule has 1 heterocycles. The highest BCUT2D eigenvalue weighted by Crippen LogP contribution is 2.07. The number of carbonyl (C=O) groups is 1. The molecule has 0 aromatic heterocycles. The molecule has 0 saturated carbocycles. The van der Waals surface area contributed by atoms with Crippen molar-refractivity contribution in [2.75, 3.05) is 36.2 Å². The molecule has 25 heavy (non-hydrogen) atoms. The van der Waals surface area contributed by atoms with Gasteiger partial charge in [0.25, 0.3) is 0 Å². The normalized spacial score (nSPS) is 15.5. The van der Waals surface area contributed by atoms with Gasteiger partial charge in [0.2, 0.25) is 0 Å². The number of ketones is 1. The lowest BCUT2D eigenvalue weighted by Crippen LogP contribution is -2.31. The van der Waals surface area contributed by atoms with Crippen molar-refractivity contribution >= 4 is 26.8 Å². The fraction of sp³-hybridized carbons (Fsp3) is 0.944. The predicted molar refractivity (Wildman–Crippen MR) is 105 cm³/mol. The molecule has 150 valence electrons. The van der Waals surface area contributed by atoms with Crippen LogP contribution in [0.4, 0.5) is 0 Å². The van der Waals surface area contributed by atoms with Crippen LogP contribution in [0.5, 0.6) is 0 Å². The molecule has 0 amide bonds. The van der Waals surface area contributed by atoms with Gasteiger partial charge >= 0.3 is 0 Å². The van der Waals surface area contributed by atoms with E-state index in [1.165, 1.54) is 12.8 Å². The van der Waals surface area contributed by atoms with Crippen LogP contribution >= 0.6 is 0 Å². The SMILES string of the molecule is CCCCC(=O)C[S+]1CCOCC1.CCCCCCCCS(=O)(=O)[O-]. The Morgan fingerprint density at radius 3 is 2.08 bits per heavy atom. The molecule has 0 aromatic rings. The topological polar surface area (TPSA) is 83.5 Å². The van der Waals surface area contributed by atoms with Gasteiger partial charge in [-0.3, -0.25) is 4.79 Å². The third kappa shape index (κ3) is 18.5. The Kier molecular flexibility index (Phi) is 16.0. The molecule has 1 aliphatic heterocycles. The fourth-order valence-corrected chi connectivity index (χ4v) is 4.79. The summed E-state index contributed by atoms with van der Waals surface area (Å²) in [6.45, 7) is 5.99. The molecule has 0 N–H and O–H groups in total. The highest BCUT2D eigenvalue weighted by Gasteiger charge is 2.24. The number of carbonyl (C=O) groups excluding carboxylic acids is 1. The number of hydrogen-bond donors (Lipinski definition) is 0. The molecule has 0 atom stereocenters. The van der Waals surface area contributed by atoms with Gasteiger partial charge in [-0.1, -0.05) is 52.4 Å². The van der Waals surface area contributed by atoms with Crippen molar-refractivity contribution in [2.45, 2.75) is 71.6 Å². The molecule has 1 fully saturated rings. The van der Waals surface area contributed by atoms with Gasteiger partial charge in [-0.2, -0.15) is 0 Å². The maximum Gasteiger partial charge on any atom is 0.181 e. The van der Waals surface area contributed by atoms with Gasteiger partial charge in [-0.15, -0.1) is 0 Å². The van der Waals surface area contributed by atoms with Gasteiger partial charge in [0.15, 0.2) is 11.5 Å². The van der Waals surface area contributed by atoms with Crippen LogP contribution in [0.3, 0.4) is 0 Å². The quantitative estimate of drug-likeness (QED) is 0.287.